The summed E-state index contributed by atoms with van der Waals surface area (Å²) in [6.07, 6.45) is 8.10. The third kappa shape index (κ3) is 10.7. The molecule has 0 aliphatic carbocycles. The summed E-state index contributed by atoms with van der Waals surface area (Å²) >= 11 is 0. The zero-order valence-electron chi connectivity index (χ0n) is 14.7. The molecule has 1 atom stereocenters. The van der Waals surface area contributed by atoms with E-state index < -0.39 is 0 Å². The van der Waals surface area contributed by atoms with Gasteiger partial charge in [0.05, 0.1) is 19.5 Å². The molecule has 0 aliphatic rings. The lowest BCUT2D eigenvalue weighted by Gasteiger charge is -2.05. The van der Waals surface area contributed by atoms with Crippen molar-refractivity contribution < 1.29 is 18.8 Å². The van der Waals surface area contributed by atoms with E-state index in [0.717, 1.165) is 17.9 Å². The lowest BCUT2D eigenvalue weighted by atomic mass is 10.1. The summed E-state index contributed by atoms with van der Waals surface area (Å²) in [7, 11) is 1.80. The molecule has 1 unspecified atom stereocenters. The minimum atomic E-state index is -0.149. The highest BCUT2D eigenvalue weighted by molar-refractivity contribution is 5.97. The summed E-state index contributed by atoms with van der Waals surface area (Å²) in [6.45, 7) is 8.09. The lowest BCUT2D eigenvalue weighted by Crippen LogP contribution is -2.18. The third-order valence-corrected chi connectivity index (χ3v) is 3.08. The van der Waals surface area contributed by atoms with Crippen LogP contribution in [0.2, 0.25) is 0 Å². The SMILES string of the molecule is C=CC(C)C(=O)COCCON.CCC(/C=C/c1ccco1)=NC. The van der Waals surface area contributed by atoms with Crippen LogP contribution in [0, 0.1) is 5.92 Å². The van der Waals surface area contributed by atoms with Gasteiger partial charge < -0.3 is 14.0 Å². The van der Waals surface area contributed by atoms with Crippen molar-refractivity contribution >= 4 is 17.6 Å². The van der Waals surface area contributed by atoms with Gasteiger partial charge >= 0.3 is 0 Å². The molecule has 2 N–H and O–H groups in total. The fourth-order valence-electron chi connectivity index (χ4n) is 1.46. The second-order valence-corrected chi connectivity index (χ2v) is 4.83. The second kappa shape index (κ2) is 14.6. The molecule has 1 aromatic rings. The largest absolute Gasteiger partial charge is 0.465 e. The summed E-state index contributed by atoms with van der Waals surface area (Å²) in [6, 6.07) is 3.79. The van der Waals surface area contributed by atoms with Crippen LogP contribution in [0.15, 0.2) is 46.5 Å². The average molecular weight is 336 g/mol. The smallest absolute Gasteiger partial charge is 0.164 e. The number of carbonyl (C=O) groups is 1. The van der Waals surface area contributed by atoms with E-state index >= 15 is 0 Å². The quantitative estimate of drug-likeness (QED) is 0.307. The van der Waals surface area contributed by atoms with Crippen molar-refractivity contribution in [2.75, 3.05) is 26.9 Å². The van der Waals surface area contributed by atoms with Crippen LogP contribution >= 0.6 is 0 Å². The molecule has 134 valence electrons. The normalized spacial score (nSPS) is 12.6. The van der Waals surface area contributed by atoms with Gasteiger partial charge in [-0.2, -0.15) is 0 Å². The number of carbonyl (C=O) groups excluding carboxylic acids is 1. The number of Topliss-reactive ketones (excluding diaryl/α,β-unsaturated/α-hetero) is 1. The first-order valence-corrected chi connectivity index (χ1v) is 7.80. The first-order valence-electron chi connectivity index (χ1n) is 7.80. The van der Waals surface area contributed by atoms with Crippen LogP contribution in [-0.2, 0) is 14.4 Å². The Morgan fingerprint density at radius 3 is 2.75 bits per heavy atom. The molecule has 1 heterocycles. The molecule has 0 aliphatic heterocycles. The van der Waals surface area contributed by atoms with E-state index in [2.05, 4.69) is 23.3 Å². The molecule has 1 rings (SSSR count). The van der Waals surface area contributed by atoms with E-state index in [4.69, 9.17) is 15.1 Å². The Morgan fingerprint density at radius 2 is 2.25 bits per heavy atom. The van der Waals surface area contributed by atoms with Gasteiger partial charge in [0, 0.05) is 18.7 Å². The molecule has 0 amide bonds. The number of furan rings is 1. The Kier molecular flexibility index (Phi) is 13.3. The van der Waals surface area contributed by atoms with Crippen LogP contribution in [0.5, 0.6) is 0 Å². The number of hydrogen-bond acceptors (Lipinski definition) is 6. The van der Waals surface area contributed by atoms with E-state index in [1.807, 2.05) is 24.3 Å². The van der Waals surface area contributed by atoms with Crippen molar-refractivity contribution in [2.24, 2.45) is 16.8 Å². The minimum Gasteiger partial charge on any atom is -0.465 e. The maximum Gasteiger partial charge on any atom is 0.164 e. The summed E-state index contributed by atoms with van der Waals surface area (Å²) in [5.41, 5.74) is 1.08. The molecule has 0 spiro atoms. The van der Waals surface area contributed by atoms with Crippen LogP contribution in [0.25, 0.3) is 6.08 Å². The highest BCUT2D eigenvalue weighted by atomic mass is 16.6. The van der Waals surface area contributed by atoms with Crippen molar-refractivity contribution in [3.05, 3.63) is 42.9 Å². The summed E-state index contributed by atoms with van der Waals surface area (Å²) in [5.74, 6) is 5.48. The van der Waals surface area contributed by atoms with Crippen molar-refractivity contribution in [1.82, 2.24) is 0 Å². The van der Waals surface area contributed by atoms with Crippen LogP contribution in [0.3, 0.4) is 0 Å². The predicted octanol–water partition coefficient (Wildman–Crippen LogP) is 3.06. The highest BCUT2D eigenvalue weighted by Gasteiger charge is 2.07. The number of ether oxygens (including phenoxy) is 1. The first-order chi connectivity index (χ1) is 11.6. The molecule has 0 aromatic carbocycles. The van der Waals surface area contributed by atoms with Crippen molar-refractivity contribution in [1.29, 1.82) is 0 Å². The van der Waals surface area contributed by atoms with Gasteiger partial charge in [-0.3, -0.25) is 9.79 Å². The average Bonchev–Trinajstić information content (AvgIpc) is 3.12. The monoisotopic (exact) mass is 336 g/mol. The van der Waals surface area contributed by atoms with Gasteiger partial charge in [0.25, 0.3) is 0 Å². The van der Waals surface area contributed by atoms with Crippen LogP contribution < -0.4 is 5.90 Å². The number of ketones is 1. The predicted molar refractivity (Wildman–Crippen MR) is 96.7 cm³/mol. The second-order valence-electron chi connectivity index (χ2n) is 4.83. The Hall–Kier alpha value is -2.02. The zero-order chi connectivity index (χ0) is 18.2. The van der Waals surface area contributed by atoms with Gasteiger partial charge in [0.15, 0.2) is 5.78 Å². The van der Waals surface area contributed by atoms with Crippen LogP contribution in [0.1, 0.15) is 26.0 Å². The van der Waals surface area contributed by atoms with Crippen molar-refractivity contribution in [2.45, 2.75) is 20.3 Å². The van der Waals surface area contributed by atoms with Gasteiger partial charge in [-0.05, 0) is 30.7 Å². The maximum atomic E-state index is 11.1. The number of hydrogen-bond donors (Lipinski definition) is 1. The molecule has 0 saturated heterocycles. The van der Waals surface area contributed by atoms with E-state index in [1.54, 1.807) is 26.3 Å². The molecule has 0 fully saturated rings. The highest BCUT2D eigenvalue weighted by Crippen LogP contribution is 2.03. The molecular weight excluding hydrogens is 308 g/mol. The van der Waals surface area contributed by atoms with Crippen LogP contribution in [0.4, 0.5) is 0 Å². The van der Waals surface area contributed by atoms with E-state index in [9.17, 15) is 4.79 Å². The van der Waals surface area contributed by atoms with Crippen molar-refractivity contribution in [3.63, 3.8) is 0 Å². The van der Waals surface area contributed by atoms with Gasteiger partial charge in [0.2, 0.25) is 0 Å². The molecule has 0 saturated carbocycles. The van der Waals surface area contributed by atoms with E-state index in [1.165, 1.54) is 0 Å². The summed E-state index contributed by atoms with van der Waals surface area (Å²) < 4.78 is 10.1. The standard InChI is InChI=1S/C10H13NO.C8H15NO3/c1-3-9(11-2)6-7-10-5-4-8-12-10;1-3-7(2)8(10)6-11-4-5-12-9/h4-8H,3H2,1-2H3;3,7H,1,4-6,9H2,2H3/b7-6+,11-9?;. The van der Waals surface area contributed by atoms with Gasteiger partial charge in [-0.25, -0.2) is 5.90 Å². The number of nitrogens with zero attached hydrogens (tertiary/aromatic N) is 1. The van der Waals surface area contributed by atoms with E-state index in [-0.39, 0.29) is 18.3 Å². The number of nitrogens with two attached hydrogens (primary N) is 1. The third-order valence-electron chi connectivity index (χ3n) is 3.08. The molecule has 6 heteroatoms. The summed E-state index contributed by atoms with van der Waals surface area (Å²) in [4.78, 5) is 19.4. The maximum absolute atomic E-state index is 11.1. The molecule has 0 bridgehead atoms. The topological polar surface area (TPSA) is 87.0 Å². The molecular formula is C18H28N2O4. The zero-order valence-corrected chi connectivity index (χ0v) is 14.7. The van der Waals surface area contributed by atoms with Crippen molar-refractivity contribution in [3.8, 4) is 0 Å². The summed E-state index contributed by atoms with van der Waals surface area (Å²) in [5, 5.41) is 0. The molecule has 0 radical (unpaired) electrons. The molecule has 1 aromatic heterocycles. The fraction of sp³-hybridized carbons (Fsp3) is 0.444. The number of allylic oxidation sites excluding steroid dienone is 2. The van der Waals surface area contributed by atoms with Gasteiger partial charge in [0.1, 0.15) is 12.4 Å². The van der Waals surface area contributed by atoms with Gasteiger partial charge in [-0.15, -0.1) is 6.58 Å². The number of rotatable bonds is 10. The first kappa shape index (κ1) is 22.0. The number of aliphatic imine (C=N–C) groups is 1. The minimum absolute atomic E-state index is 0.0158. The Labute approximate surface area is 144 Å². The van der Waals surface area contributed by atoms with E-state index in [0.29, 0.717) is 13.2 Å². The molecule has 24 heavy (non-hydrogen) atoms. The Balaban J connectivity index is 0.000000441. The Bertz CT molecular complexity index is 507. The van der Waals surface area contributed by atoms with Crippen LogP contribution in [-0.4, -0.2) is 38.4 Å². The Morgan fingerprint density at radius 1 is 1.50 bits per heavy atom. The fourth-order valence-corrected chi connectivity index (χ4v) is 1.46. The molecule has 6 nitrogen and oxygen atoms in total. The lowest BCUT2D eigenvalue weighted by molar-refractivity contribution is -0.126. The van der Waals surface area contributed by atoms with Gasteiger partial charge in [-0.1, -0.05) is 19.9 Å².